The van der Waals surface area contributed by atoms with Crippen molar-refractivity contribution in [2.24, 2.45) is 29.6 Å². The Morgan fingerprint density at radius 1 is 0.597 bits per heavy atom. The van der Waals surface area contributed by atoms with Gasteiger partial charge in [0, 0.05) is 38.0 Å². The number of aryl methyl sites for hydroxylation is 2. The first kappa shape index (κ1) is 48.8. The molecule has 4 amide bonds. The second-order valence-electron chi connectivity index (χ2n) is 23.2. The van der Waals surface area contributed by atoms with Crippen LogP contribution < -0.4 is 10.6 Å². The molecular weight excluding hydrogens is 837 g/mol. The number of fused-ring (bicyclic) bond motifs is 4. The van der Waals surface area contributed by atoms with Gasteiger partial charge in [0.25, 0.3) is 0 Å². The van der Waals surface area contributed by atoms with E-state index in [0.29, 0.717) is 48.7 Å². The fourth-order valence-corrected chi connectivity index (χ4v) is 12.3. The van der Waals surface area contributed by atoms with Crippen molar-refractivity contribution in [2.45, 2.75) is 182 Å². The first-order chi connectivity index (χ1) is 31.9. The van der Waals surface area contributed by atoms with E-state index in [-0.39, 0.29) is 30.1 Å². The lowest BCUT2D eigenvalue weighted by Gasteiger charge is -2.41. The van der Waals surface area contributed by atoms with Gasteiger partial charge in [0.2, 0.25) is 11.8 Å². The Hall–Kier alpha value is -4.60. The minimum absolute atomic E-state index is 0.116. The van der Waals surface area contributed by atoms with E-state index in [1.165, 1.54) is 68.5 Å². The Morgan fingerprint density at radius 2 is 1.03 bits per heavy atom. The van der Waals surface area contributed by atoms with Crippen LogP contribution in [-0.4, -0.2) is 83.3 Å². The van der Waals surface area contributed by atoms with Crippen LogP contribution in [0.4, 0.5) is 9.59 Å². The van der Waals surface area contributed by atoms with Gasteiger partial charge in [-0.25, -0.2) is 9.59 Å². The highest BCUT2D eigenvalue weighted by atomic mass is 16.6. The van der Waals surface area contributed by atoms with Crippen LogP contribution in [0, 0.1) is 43.4 Å². The Bertz CT molecular complexity index is 2240. The van der Waals surface area contributed by atoms with Gasteiger partial charge in [-0.05, 0) is 214 Å². The molecular formula is C57H80N4O6. The molecule has 0 aromatic heterocycles. The van der Waals surface area contributed by atoms with E-state index in [0.717, 1.165) is 96.6 Å². The molecule has 2 N–H and O–H groups in total. The normalized spacial score (nSPS) is 25.8. The fourth-order valence-electron chi connectivity index (χ4n) is 12.3. The van der Waals surface area contributed by atoms with Gasteiger partial charge in [0.1, 0.15) is 11.2 Å². The monoisotopic (exact) mass is 917 g/mol. The summed E-state index contributed by atoms with van der Waals surface area (Å²) in [5.74, 6) is 2.48. The van der Waals surface area contributed by atoms with Crippen molar-refractivity contribution in [2.75, 3.05) is 26.2 Å². The quantitative estimate of drug-likeness (QED) is 0.272. The molecule has 0 bridgehead atoms. The Balaban J connectivity index is 0.000000182. The predicted molar refractivity (Wildman–Crippen MR) is 266 cm³/mol. The number of rotatable bonds is 8. The molecule has 2 aromatic rings. The molecule has 2 unspecified atom stereocenters. The summed E-state index contributed by atoms with van der Waals surface area (Å²) < 4.78 is 10.7. The summed E-state index contributed by atoms with van der Waals surface area (Å²) in [7, 11) is 0. The molecule has 67 heavy (non-hydrogen) atoms. The number of benzene rings is 2. The average Bonchev–Trinajstić information content (AvgIpc) is 3.96. The predicted octanol–water partition coefficient (Wildman–Crippen LogP) is 11.3. The van der Waals surface area contributed by atoms with E-state index >= 15 is 0 Å². The average molecular weight is 917 g/mol. The number of nitrogens with zero attached hydrogens (tertiary/aromatic N) is 2. The van der Waals surface area contributed by atoms with Crippen LogP contribution in [0.1, 0.15) is 165 Å². The summed E-state index contributed by atoms with van der Waals surface area (Å²) in [5, 5.41) is 5.83. The number of amides is 4. The smallest absolute Gasteiger partial charge is 0.407 e. The molecule has 10 heteroatoms. The lowest BCUT2D eigenvalue weighted by atomic mass is 9.80. The maximum absolute atomic E-state index is 13.8. The van der Waals surface area contributed by atoms with Crippen LogP contribution in [0.5, 0.6) is 0 Å². The first-order valence-corrected chi connectivity index (χ1v) is 26.0. The van der Waals surface area contributed by atoms with Crippen LogP contribution in [-0.2, 0) is 31.9 Å². The standard InChI is InChI=1S/C29H40N2O3.C28H40N2O3/c1-18-5-12-23-22(15-18)16-25-24(23)13-14-31(26(25)20-10-11-20)27(32)21-8-6-19(7-9-21)17-30-28(33)34-29(2,3)4;1-6-25-24-16-21-15-18(2)7-12-22(21)23(24)13-14-30(25)26(31)20-10-8-19(9-11-20)17-29-27(32)33-28(3,4)5/h5,12,15,19-21,26H,6-11,13-14,16-17H2,1-4H3,(H,30,33);7,12,15,19-20,25H,6,8-11,13-14,16-17H2,1-5H3,(H,29,32). The fraction of sp³-hybridized carbons (Fsp3) is 0.649. The Labute approximate surface area is 401 Å². The van der Waals surface area contributed by atoms with E-state index in [9.17, 15) is 19.2 Å². The second-order valence-corrected chi connectivity index (χ2v) is 23.2. The van der Waals surface area contributed by atoms with Crippen molar-refractivity contribution in [3.05, 3.63) is 80.9 Å². The maximum atomic E-state index is 13.8. The number of carbonyl (C=O) groups is 4. The third-order valence-electron chi connectivity index (χ3n) is 15.7. The zero-order valence-corrected chi connectivity index (χ0v) is 42.3. The van der Waals surface area contributed by atoms with Gasteiger partial charge < -0.3 is 29.9 Å². The summed E-state index contributed by atoms with van der Waals surface area (Å²) in [5.41, 5.74) is 13.5. The molecule has 2 aliphatic heterocycles. The largest absolute Gasteiger partial charge is 0.444 e. The van der Waals surface area contributed by atoms with Gasteiger partial charge in [-0.3, -0.25) is 9.59 Å². The van der Waals surface area contributed by atoms with Crippen molar-refractivity contribution in [3.8, 4) is 0 Å². The molecule has 3 fully saturated rings. The number of hydrogen-bond acceptors (Lipinski definition) is 6. The summed E-state index contributed by atoms with van der Waals surface area (Å²) in [6.07, 6.45) is 14.4. The maximum Gasteiger partial charge on any atom is 0.407 e. The van der Waals surface area contributed by atoms with Crippen LogP contribution in [0.2, 0.25) is 0 Å². The summed E-state index contributed by atoms with van der Waals surface area (Å²) in [4.78, 5) is 55.7. The molecule has 2 atom stereocenters. The zero-order chi connectivity index (χ0) is 47.8. The van der Waals surface area contributed by atoms with Crippen molar-refractivity contribution >= 4 is 35.1 Å². The van der Waals surface area contributed by atoms with E-state index in [2.05, 4.69) is 77.6 Å². The molecule has 9 rings (SSSR count). The zero-order valence-electron chi connectivity index (χ0n) is 42.3. The van der Waals surface area contributed by atoms with E-state index in [1.807, 2.05) is 41.5 Å². The summed E-state index contributed by atoms with van der Waals surface area (Å²) in [6.45, 7) is 20.8. The highest BCUT2D eigenvalue weighted by molar-refractivity contribution is 5.86. The molecule has 5 aliphatic carbocycles. The molecule has 0 saturated heterocycles. The highest BCUT2D eigenvalue weighted by Crippen LogP contribution is 2.49. The molecule has 0 radical (unpaired) electrons. The number of carbonyl (C=O) groups excluding carboxylic acids is 4. The van der Waals surface area contributed by atoms with Crippen molar-refractivity contribution in [1.29, 1.82) is 0 Å². The lowest BCUT2D eigenvalue weighted by Crippen LogP contribution is -2.49. The van der Waals surface area contributed by atoms with Gasteiger partial charge in [-0.2, -0.15) is 0 Å². The summed E-state index contributed by atoms with van der Waals surface area (Å²) >= 11 is 0. The number of ether oxygens (including phenoxy) is 2. The molecule has 2 heterocycles. The molecule has 0 spiro atoms. The van der Waals surface area contributed by atoms with Crippen LogP contribution in [0.25, 0.3) is 11.1 Å². The topological polar surface area (TPSA) is 117 Å². The van der Waals surface area contributed by atoms with Crippen molar-refractivity contribution < 1.29 is 28.7 Å². The van der Waals surface area contributed by atoms with E-state index < -0.39 is 11.2 Å². The third kappa shape index (κ3) is 11.6. The molecule has 364 valence electrons. The van der Waals surface area contributed by atoms with Crippen LogP contribution >= 0.6 is 0 Å². The van der Waals surface area contributed by atoms with E-state index in [4.69, 9.17) is 9.47 Å². The highest BCUT2D eigenvalue weighted by Gasteiger charge is 2.46. The summed E-state index contributed by atoms with van der Waals surface area (Å²) in [6, 6.07) is 14.2. The number of nitrogens with one attached hydrogen (secondary N) is 2. The molecule has 10 nitrogen and oxygen atoms in total. The van der Waals surface area contributed by atoms with Gasteiger partial charge >= 0.3 is 12.2 Å². The third-order valence-corrected chi connectivity index (χ3v) is 15.7. The van der Waals surface area contributed by atoms with Crippen molar-refractivity contribution in [1.82, 2.24) is 20.4 Å². The molecule has 2 aromatic carbocycles. The van der Waals surface area contributed by atoms with Crippen molar-refractivity contribution in [3.63, 3.8) is 0 Å². The Morgan fingerprint density at radius 3 is 1.48 bits per heavy atom. The minimum Gasteiger partial charge on any atom is -0.444 e. The Kier molecular flexibility index (Phi) is 14.7. The van der Waals surface area contributed by atoms with Gasteiger partial charge in [-0.1, -0.05) is 54.4 Å². The van der Waals surface area contributed by atoms with Crippen LogP contribution in [0.15, 0.2) is 47.5 Å². The first-order valence-electron chi connectivity index (χ1n) is 26.0. The number of alkyl carbamates (subject to hydrolysis) is 2. The molecule has 7 aliphatic rings. The second kappa shape index (κ2) is 20.2. The van der Waals surface area contributed by atoms with Gasteiger partial charge in [0.15, 0.2) is 0 Å². The van der Waals surface area contributed by atoms with Gasteiger partial charge in [-0.15, -0.1) is 0 Å². The van der Waals surface area contributed by atoms with Crippen LogP contribution in [0.3, 0.4) is 0 Å². The SMILES string of the molecule is CCC1C2=C(CCN1C(=O)C1CCC(CNC(=O)OC(C)(C)C)CC1)c1ccc(C)cc1C2.Cc1ccc2c(c1)CC1=C2CCN(C(=O)C2CCC(CNC(=O)OC(C)(C)C)CC2)C1C1CC1. The van der Waals surface area contributed by atoms with E-state index in [1.54, 1.807) is 0 Å². The van der Waals surface area contributed by atoms with Gasteiger partial charge in [0.05, 0.1) is 12.1 Å². The number of hydrogen-bond donors (Lipinski definition) is 2. The lowest BCUT2D eigenvalue weighted by molar-refractivity contribution is -0.139. The molecule has 3 saturated carbocycles. The minimum atomic E-state index is -0.479.